The van der Waals surface area contributed by atoms with E-state index in [4.69, 9.17) is 17.7 Å². The molecule has 14 heavy (non-hydrogen) atoms. The van der Waals surface area contributed by atoms with Crippen molar-refractivity contribution in [2.45, 2.75) is 19.8 Å². The van der Waals surface area contributed by atoms with Crippen LogP contribution in [0.3, 0.4) is 0 Å². The Hall–Kier alpha value is -0.203. The van der Waals surface area contributed by atoms with Gasteiger partial charge in [-0.3, -0.25) is 0 Å². The zero-order chi connectivity index (χ0) is 10.9. The van der Waals surface area contributed by atoms with E-state index >= 15 is 0 Å². The average Bonchev–Trinajstić information content (AvgIpc) is 2.24. The molecule has 0 aliphatic heterocycles. The van der Waals surface area contributed by atoms with Crippen molar-refractivity contribution in [1.29, 1.82) is 0 Å². The second-order valence-electron chi connectivity index (χ2n) is 2.68. The van der Waals surface area contributed by atoms with Crippen LogP contribution in [0.15, 0.2) is 12.2 Å². The summed E-state index contributed by atoms with van der Waals surface area (Å²) in [7, 11) is 1.74. The number of rotatable bonds is 8. The van der Waals surface area contributed by atoms with Crippen LogP contribution in [0.1, 0.15) is 19.8 Å². The minimum Gasteiger partial charge on any atom is -0.355 e. The van der Waals surface area contributed by atoms with Gasteiger partial charge in [0.15, 0.2) is 0 Å². The lowest BCUT2D eigenvalue weighted by Gasteiger charge is -2.21. The molecule has 0 spiro atoms. The van der Waals surface area contributed by atoms with Gasteiger partial charge in [-0.05, 0) is 6.42 Å². The molecule has 0 aromatic heterocycles. The second-order valence-corrected chi connectivity index (χ2v) is 5.20. The zero-order valence-electron chi connectivity index (χ0n) is 9.41. The molecular formula is C9H20O4Si. The molecule has 5 heteroatoms. The molecule has 0 aromatic rings. The maximum atomic E-state index is 5.41. The third-order valence-corrected chi connectivity index (χ3v) is 3.75. The van der Waals surface area contributed by atoms with E-state index in [-0.39, 0.29) is 0 Å². The van der Waals surface area contributed by atoms with Crippen molar-refractivity contribution in [1.82, 2.24) is 0 Å². The predicted octanol–water partition coefficient (Wildman–Crippen LogP) is 1.73. The third kappa shape index (κ3) is 4.87. The van der Waals surface area contributed by atoms with Crippen molar-refractivity contribution in [2.24, 2.45) is 0 Å². The summed E-state index contributed by atoms with van der Waals surface area (Å²) < 4.78 is 20.7. The summed E-state index contributed by atoms with van der Waals surface area (Å²) in [5.41, 5.74) is 0. The van der Waals surface area contributed by atoms with Gasteiger partial charge in [-0.2, -0.15) is 0 Å². The summed E-state index contributed by atoms with van der Waals surface area (Å²) in [6, 6.07) is 0. The molecule has 0 amide bonds. The van der Waals surface area contributed by atoms with Gasteiger partial charge in [0.2, 0.25) is 0 Å². The van der Waals surface area contributed by atoms with Crippen LogP contribution in [-0.2, 0) is 17.7 Å². The first-order valence-corrected chi connectivity index (χ1v) is 6.32. The lowest BCUT2D eigenvalue weighted by atomic mass is 10.3. The van der Waals surface area contributed by atoms with Crippen LogP contribution in [0, 0.1) is 0 Å². The van der Waals surface area contributed by atoms with E-state index in [0.29, 0.717) is 6.61 Å². The van der Waals surface area contributed by atoms with Crippen LogP contribution in [0.5, 0.6) is 0 Å². The van der Waals surface area contributed by atoms with E-state index in [1.807, 2.05) is 6.08 Å². The first kappa shape index (κ1) is 13.8. The summed E-state index contributed by atoms with van der Waals surface area (Å²) in [6.45, 7) is 2.59. The van der Waals surface area contributed by atoms with E-state index in [1.165, 1.54) is 21.3 Å². The van der Waals surface area contributed by atoms with Crippen LogP contribution in [0.4, 0.5) is 0 Å². The topological polar surface area (TPSA) is 36.9 Å². The number of unbranched alkanes of at least 4 members (excludes halogenated alkanes) is 1. The van der Waals surface area contributed by atoms with Crippen LogP contribution < -0.4 is 0 Å². The summed E-state index contributed by atoms with van der Waals surface area (Å²) >= 11 is 0. The fourth-order valence-corrected chi connectivity index (χ4v) is 2.08. The van der Waals surface area contributed by atoms with Crippen molar-refractivity contribution in [3.05, 3.63) is 12.2 Å². The predicted molar refractivity (Wildman–Crippen MR) is 56.8 cm³/mol. The Balaban J connectivity index is 3.82. The molecule has 0 aromatic carbocycles. The first-order valence-electron chi connectivity index (χ1n) is 4.69. The van der Waals surface area contributed by atoms with Crippen LogP contribution >= 0.6 is 0 Å². The van der Waals surface area contributed by atoms with Crippen LogP contribution in [-0.4, -0.2) is 37.0 Å². The van der Waals surface area contributed by atoms with Gasteiger partial charge in [0, 0.05) is 21.3 Å². The van der Waals surface area contributed by atoms with Gasteiger partial charge in [0.1, 0.15) is 0 Å². The summed E-state index contributed by atoms with van der Waals surface area (Å²) in [5, 5.41) is 0. The summed E-state index contributed by atoms with van der Waals surface area (Å²) in [4.78, 5) is 0. The Morgan fingerprint density at radius 3 is 2.00 bits per heavy atom. The van der Waals surface area contributed by atoms with Gasteiger partial charge in [0.05, 0.1) is 6.61 Å². The second kappa shape index (κ2) is 8.13. The SMILES string of the molecule is CCCC=CCO[Si](OC)(OC)OC. The maximum absolute atomic E-state index is 5.41. The molecule has 0 saturated heterocycles. The van der Waals surface area contributed by atoms with E-state index in [0.717, 1.165) is 12.8 Å². The highest BCUT2D eigenvalue weighted by Crippen LogP contribution is 2.07. The molecule has 0 bridgehead atoms. The largest absolute Gasteiger partial charge is 0.679 e. The molecule has 0 fully saturated rings. The highest BCUT2D eigenvalue weighted by Gasteiger charge is 2.41. The minimum atomic E-state index is -2.83. The zero-order valence-corrected chi connectivity index (χ0v) is 10.4. The van der Waals surface area contributed by atoms with E-state index in [9.17, 15) is 0 Å². The average molecular weight is 220 g/mol. The first-order chi connectivity index (χ1) is 6.74. The maximum Gasteiger partial charge on any atom is 0.679 e. The Bertz CT molecular complexity index is 149. The lowest BCUT2D eigenvalue weighted by molar-refractivity contribution is 0.0133. The van der Waals surface area contributed by atoms with Crippen molar-refractivity contribution in [2.75, 3.05) is 27.9 Å². The van der Waals surface area contributed by atoms with Gasteiger partial charge in [0.25, 0.3) is 0 Å². The standard InChI is InChI=1S/C9H20O4Si/c1-5-6-7-8-9-13-14(10-2,11-3)12-4/h7-8H,5-6,9H2,1-4H3. The quantitative estimate of drug-likeness (QED) is 0.461. The Morgan fingerprint density at radius 1 is 1.00 bits per heavy atom. The number of allylic oxidation sites excluding steroid dienone is 1. The van der Waals surface area contributed by atoms with Crippen molar-refractivity contribution >= 4 is 9.05 Å². The molecule has 0 rings (SSSR count). The monoisotopic (exact) mass is 220 g/mol. The molecule has 0 aliphatic rings. The molecule has 0 saturated carbocycles. The molecule has 0 unspecified atom stereocenters. The molecule has 4 nitrogen and oxygen atoms in total. The highest BCUT2D eigenvalue weighted by molar-refractivity contribution is 6.53. The van der Waals surface area contributed by atoms with Crippen molar-refractivity contribution in [3.8, 4) is 0 Å². The molecule has 0 aliphatic carbocycles. The normalized spacial score (nSPS) is 12.6. The smallest absolute Gasteiger partial charge is 0.355 e. The molecule has 0 atom stereocenters. The third-order valence-electron chi connectivity index (χ3n) is 1.73. The Labute approximate surface area is 87.3 Å². The lowest BCUT2D eigenvalue weighted by Crippen LogP contribution is -2.46. The van der Waals surface area contributed by atoms with Crippen LogP contribution in [0.25, 0.3) is 0 Å². The Morgan fingerprint density at radius 2 is 1.57 bits per heavy atom. The molecule has 0 radical (unpaired) electrons. The number of hydrogen-bond donors (Lipinski definition) is 0. The molecule has 0 heterocycles. The van der Waals surface area contributed by atoms with E-state index in [1.54, 1.807) is 0 Å². The van der Waals surface area contributed by atoms with Gasteiger partial charge in [-0.25, -0.2) is 0 Å². The highest BCUT2D eigenvalue weighted by atomic mass is 28.4. The fourth-order valence-electron chi connectivity index (χ4n) is 0.930. The van der Waals surface area contributed by atoms with E-state index < -0.39 is 9.05 Å². The van der Waals surface area contributed by atoms with Gasteiger partial charge in [-0.15, -0.1) is 0 Å². The number of hydrogen-bond acceptors (Lipinski definition) is 4. The molecule has 0 N–H and O–H groups in total. The molecule has 84 valence electrons. The van der Waals surface area contributed by atoms with Crippen molar-refractivity contribution in [3.63, 3.8) is 0 Å². The van der Waals surface area contributed by atoms with Crippen LogP contribution in [0.2, 0.25) is 0 Å². The molecular weight excluding hydrogens is 200 g/mol. The van der Waals surface area contributed by atoms with E-state index in [2.05, 4.69) is 13.0 Å². The Kier molecular flexibility index (Phi) is 8.02. The minimum absolute atomic E-state index is 0.460. The summed E-state index contributed by atoms with van der Waals surface area (Å²) in [5.74, 6) is 0. The fraction of sp³-hybridized carbons (Fsp3) is 0.778. The van der Waals surface area contributed by atoms with Gasteiger partial charge < -0.3 is 17.7 Å². The van der Waals surface area contributed by atoms with Crippen molar-refractivity contribution < 1.29 is 17.7 Å². The van der Waals surface area contributed by atoms with Gasteiger partial charge >= 0.3 is 9.05 Å². The summed E-state index contributed by atoms with van der Waals surface area (Å²) in [6.07, 6.45) is 6.21. The van der Waals surface area contributed by atoms with Gasteiger partial charge in [-0.1, -0.05) is 25.5 Å².